The number of rotatable bonds is 2. The molecule has 4 aromatic rings. The maximum Gasteiger partial charge on any atom is 0.362 e. The van der Waals surface area contributed by atoms with E-state index >= 15 is 0 Å². The highest BCUT2D eigenvalue weighted by molar-refractivity contribution is 5.94. The van der Waals surface area contributed by atoms with E-state index in [0.29, 0.717) is 11.3 Å². The highest BCUT2D eigenvalue weighted by Gasteiger charge is 2.13. The van der Waals surface area contributed by atoms with Gasteiger partial charge in [-0.1, -0.05) is 42.5 Å². The minimum atomic E-state index is -0.492. The lowest BCUT2D eigenvalue weighted by Crippen LogP contribution is -2.11. The number of pyridine rings is 2. The molecule has 0 saturated carbocycles. The number of hydrogen-bond acceptors (Lipinski definition) is 4. The van der Waals surface area contributed by atoms with Crippen LogP contribution in [0.15, 0.2) is 72.9 Å². The van der Waals surface area contributed by atoms with Crippen molar-refractivity contribution in [3.63, 3.8) is 0 Å². The second-order valence-corrected chi connectivity index (χ2v) is 5.11. The van der Waals surface area contributed by atoms with E-state index in [1.54, 1.807) is 18.3 Å². The van der Waals surface area contributed by atoms with Crippen molar-refractivity contribution in [3.8, 4) is 5.75 Å². The van der Waals surface area contributed by atoms with E-state index in [2.05, 4.69) is 9.97 Å². The molecule has 2 heterocycles. The molecule has 0 aliphatic carbocycles. The van der Waals surface area contributed by atoms with Gasteiger partial charge in [0.05, 0.1) is 5.52 Å². The van der Waals surface area contributed by atoms with Crippen LogP contribution in [0.3, 0.4) is 0 Å². The number of ether oxygens (including phenoxy) is 1. The van der Waals surface area contributed by atoms with Gasteiger partial charge in [-0.25, -0.2) is 9.78 Å². The Balaban J connectivity index is 1.70. The molecule has 0 radical (unpaired) electrons. The van der Waals surface area contributed by atoms with Crippen molar-refractivity contribution in [1.29, 1.82) is 0 Å². The predicted octanol–water partition coefficient (Wildman–Crippen LogP) is 4.00. The smallest absolute Gasteiger partial charge is 0.362 e. The summed E-state index contributed by atoms with van der Waals surface area (Å²) in [5, 5.41) is 1.90. The summed E-state index contributed by atoms with van der Waals surface area (Å²) < 4.78 is 5.50. The Morgan fingerprint density at radius 1 is 0.826 bits per heavy atom. The number of esters is 1. The number of fused-ring (bicyclic) bond motifs is 2. The fourth-order valence-corrected chi connectivity index (χ4v) is 2.49. The van der Waals surface area contributed by atoms with Crippen LogP contribution in [0.5, 0.6) is 5.75 Å². The molecule has 0 unspecified atom stereocenters. The highest BCUT2D eigenvalue weighted by Crippen LogP contribution is 2.24. The molecule has 2 aromatic heterocycles. The van der Waals surface area contributed by atoms with Gasteiger partial charge >= 0.3 is 5.97 Å². The van der Waals surface area contributed by atoms with Crippen LogP contribution in [-0.4, -0.2) is 15.9 Å². The quantitative estimate of drug-likeness (QED) is 0.415. The summed E-state index contributed by atoms with van der Waals surface area (Å²) in [5.41, 5.74) is 1.69. The lowest BCUT2D eigenvalue weighted by molar-refractivity contribution is 0.0731. The Morgan fingerprint density at radius 3 is 2.61 bits per heavy atom. The van der Waals surface area contributed by atoms with Crippen LogP contribution in [-0.2, 0) is 0 Å². The molecule has 0 amide bonds. The molecule has 4 rings (SSSR count). The number of carbonyl (C=O) groups is 1. The molecular weight excluding hydrogens is 288 g/mol. The van der Waals surface area contributed by atoms with Crippen LogP contribution in [0.4, 0.5) is 0 Å². The minimum absolute atomic E-state index is 0.275. The van der Waals surface area contributed by atoms with Crippen LogP contribution in [0, 0.1) is 0 Å². The SMILES string of the molecule is O=C(Oc1cccc2cccnc12)c1ccc2ccccc2n1. The van der Waals surface area contributed by atoms with Gasteiger partial charge in [-0.2, -0.15) is 0 Å². The Bertz CT molecular complexity index is 1020. The molecule has 0 aliphatic heterocycles. The molecule has 0 fully saturated rings. The van der Waals surface area contributed by atoms with Crippen molar-refractivity contribution in [2.75, 3.05) is 0 Å². The number of carbonyl (C=O) groups excluding carboxylic acids is 1. The molecule has 110 valence electrons. The first-order chi connectivity index (χ1) is 11.3. The fourth-order valence-electron chi connectivity index (χ4n) is 2.49. The van der Waals surface area contributed by atoms with Gasteiger partial charge in [-0.15, -0.1) is 0 Å². The van der Waals surface area contributed by atoms with Crippen LogP contribution in [0.1, 0.15) is 10.5 Å². The number of para-hydroxylation sites is 2. The Hall–Kier alpha value is -3.27. The minimum Gasteiger partial charge on any atom is -0.419 e. The maximum absolute atomic E-state index is 12.4. The molecule has 0 spiro atoms. The average molecular weight is 300 g/mol. The second kappa shape index (κ2) is 5.50. The van der Waals surface area contributed by atoms with E-state index in [4.69, 9.17) is 4.74 Å². The van der Waals surface area contributed by atoms with E-state index in [1.807, 2.05) is 54.6 Å². The zero-order chi connectivity index (χ0) is 15.6. The van der Waals surface area contributed by atoms with E-state index < -0.39 is 5.97 Å². The van der Waals surface area contributed by atoms with Crippen LogP contribution >= 0.6 is 0 Å². The van der Waals surface area contributed by atoms with Gasteiger partial charge in [0.2, 0.25) is 0 Å². The Morgan fingerprint density at radius 2 is 1.65 bits per heavy atom. The molecule has 4 heteroatoms. The third-order valence-corrected chi connectivity index (χ3v) is 3.61. The van der Waals surface area contributed by atoms with Crippen molar-refractivity contribution < 1.29 is 9.53 Å². The van der Waals surface area contributed by atoms with Gasteiger partial charge in [-0.05, 0) is 24.3 Å². The molecule has 23 heavy (non-hydrogen) atoms. The van der Waals surface area contributed by atoms with Crippen molar-refractivity contribution in [1.82, 2.24) is 9.97 Å². The van der Waals surface area contributed by atoms with E-state index in [1.165, 1.54) is 0 Å². The third-order valence-electron chi connectivity index (χ3n) is 3.61. The van der Waals surface area contributed by atoms with Crippen molar-refractivity contribution in [3.05, 3.63) is 78.6 Å². The molecule has 2 aromatic carbocycles. The van der Waals surface area contributed by atoms with E-state index in [-0.39, 0.29) is 5.69 Å². The van der Waals surface area contributed by atoms with Crippen molar-refractivity contribution in [2.24, 2.45) is 0 Å². The first-order valence-electron chi connectivity index (χ1n) is 7.23. The second-order valence-electron chi connectivity index (χ2n) is 5.11. The Kier molecular flexibility index (Phi) is 3.20. The first-order valence-corrected chi connectivity index (χ1v) is 7.23. The average Bonchev–Trinajstić information content (AvgIpc) is 2.61. The molecule has 0 aliphatic rings. The normalized spacial score (nSPS) is 10.8. The molecule has 0 bridgehead atoms. The number of benzene rings is 2. The molecule has 0 saturated heterocycles. The summed E-state index contributed by atoms with van der Waals surface area (Å²) in [6.45, 7) is 0. The molecule has 0 atom stereocenters. The highest BCUT2D eigenvalue weighted by atomic mass is 16.5. The number of hydrogen-bond donors (Lipinski definition) is 0. The van der Waals surface area contributed by atoms with E-state index in [0.717, 1.165) is 16.3 Å². The summed E-state index contributed by atoms with van der Waals surface area (Å²) >= 11 is 0. The van der Waals surface area contributed by atoms with Gasteiger partial charge in [0.1, 0.15) is 11.2 Å². The lowest BCUT2D eigenvalue weighted by Gasteiger charge is -2.07. The van der Waals surface area contributed by atoms with Gasteiger partial charge in [0, 0.05) is 17.0 Å². The van der Waals surface area contributed by atoms with Gasteiger partial charge in [-0.3, -0.25) is 4.98 Å². The third kappa shape index (κ3) is 2.51. The van der Waals surface area contributed by atoms with E-state index in [9.17, 15) is 4.79 Å². The molecule has 0 N–H and O–H groups in total. The summed E-state index contributed by atoms with van der Waals surface area (Å²) in [6.07, 6.45) is 1.67. The monoisotopic (exact) mass is 300 g/mol. The van der Waals surface area contributed by atoms with Crippen LogP contribution in [0.2, 0.25) is 0 Å². The van der Waals surface area contributed by atoms with Crippen LogP contribution in [0.25, 0.3) is 21.8 Å². The largest absolute Gasteiger partial charge is 0.419 e. The van der Waals surface area contributed by atoms with Gasteiger partial charge in [0.15, 0.2) is 5.75 Å². The van der Waals surface area contributed by atoms with Crippen LogP contribution < -0.4 is 4.74 Å². The standard InChI is InChI=1S/C19H12N2O2/c22-19(16-11-10-13-5-1-2-8-15(13)21-16)23-17-9-3-6-14-7-4-12-20-18(14)17/h1-12H. The van der Waals surface area contributed by atoms with Crippen molar-refractivity contribution in [2.45, 2.75) is 0 Å². The zero-order valence-electron chi connectivity index (χ0n) is 12.1. The summed E-state index contributed by atoms with van der Waals surface area (Å²) in [5.74, 6) is -0.0584. The summed E-state index contributed by atoms with van der Waals surface area (Å²) in [7, 11) is 0. The summed E-state index contributed by atoms with van der Waals surface area (Å²) in [4.78, 5) is 21.0. The van der Waals surface area contributed by atoms with Gasteiger partial charge < -0.3 is 4.74 Å². The predicted molar refractivity (Wildman–Crippen MR) is 88.4 cm³/mol. The first kappa shape index (κ1) is 13.4. The molecular formula is C19H12N2O2. The van der Waals surface area contributed by atoms with Gasteiger partial charge in [0.25, 0.3) is 0 Å². The van der Waals surface area contributed by atoms with Crippen molar-refractivity contribution >= 4 is 27.8 Å². The number of aromatic nitrogens is 2. The lowest BCUT2D eigenvalue weighted by atomic mass is 10.2. The maximum atomic E-state index is 12.4. The topological polar surface area (TPSA) is 52.1 Å². The molecule has 4 nitrogen and oxygen atoms in total. The summed E-state index contributed by atoms with van der Waals surface area (Å²) in [6, 6.07) is 20.4. The fraction of sp³-hybridized carbons (Fsp3) is 0. The Labute approximate surface area is 132 Å². The number of nitrogens with zero attached hydrogens (tertiary/aromatic N) is 2. The zero-order valence-corrected chi connectivity index (χ0v) is 12.1.